The first-order chi connectivity index (χ1) is 10.6. The van der Waals surface area contributed by atoms with Crippen molar-refractivity contribution in [2.24, 2.45) is 10.7 Å². The molecule has 22 heavy (non-hydrogen) atoms. The van der Waals surface area contributed by atoms with Gasteiger partial charge in [0.25, 0.3) is 0 Å². The molecule has 0 spiro atoms. The Hall–Kier alpha value is -2.01. The Bertz CT molecular complexity index is 511. The van der Waals surface area contributed by atoms with Crippen molar-refractivity contribution in [3.63, 3.8) is 0 Å². The van der Waals surface area contributed by atoms with Crippen LogP contribution < -0.4 is 16.4 Å². The maximum Gasteiger partial charge on any atom is 0.192 e. The quantitative estimate of drug-likeness (QED) is 0.297. The third-order valence-corrected chi connectivity index (χ3v) is 3.26. The van der Waals surface area contributed by atoms with Gasteiger partial charge >= 0.3 is 0 Å². The van der Waals surface area contributed by atoms with Crippen LogP contribution in [0.5, 0.6) is 0 Å². The number of rotatable bonds is 8. The second kappa shape index (κ2) is 9.84. The van der Waals surface area contributed by atoms with Gasteiger partial charge in [-0.05, 0) is 44.4 Å². The van der Waals surface area contributed by atoms with Gasteiger partial charge in [0.2, 0.25) is 0 Å². The fourth-order valence-electron chi connectivity index (χ4n) is 1.85. The van der Waals surface area contributed by atoms with Gasteiger partial charge in [-0.15, -0.1) is 0 Å². The summed E-state index contributed by atoms with van der Waals surface area (Å²) in [7, 11) is 1.65. The fraction of sp³-hybridized carbons (Fsp3) is 0.471. The molecule has 1 aromatic carbocycles. The summed E-state index contributed by atoms with van der Waals surface area (Å²) in [5, 5.41) is 6.33. The summed E-state index contributed by atoms with van der Waals surface area (Å²) >= 11 is 0. The van der Waals surface area contributed by atoms with Crippen LogP contribution in [0.2, 0.25) is 0 Å². The van der Waals surface area contributed by atoms with Crippen LogP contribution in [0.1, 0.15) is 32.3 Å². The number of guanidine groups is 1. The van der Waals surface area contributed by atoms with Gasteiger partial charge in [-0.2, -0.15) is 0 Å². The minimum absolute atomic E-state index is 0.196. The lowest BCUT2D eigenvalue weighted by Gasteiger charge is -2.15. The second-order valence-electron chi connectivity index (χ2n) is 5.18. The zero-order valence-corrected chi connectivity index (χ0v) is 14.0. The van der Waals surface area contributed by atoms with Gasteiger partial charge in [-0.1, -0.05) is 25.1 Å². The molecule has 0 aliphatic rings. The third-order valence-electron chi connectivity index (χ3n) is 3.26. The summed E-state index contributed by atoms with van der Waals surface area (Å²) < 4.78 is 5.73. The van der Waals surface area contributed by atoms with E-state index >= 15 is 0 Å². The monoisotopic (exact) mass is 304 g/mol. The van der Waals surface area contributed by atoms with Crippen molar-refractivity contribution in [1.29, 1.82) is 0 Å². The van der Waals surface area contributed by atoms with Crippen molar-refractivity contribution >= 4 is 17.3 Å². The number of nitrogens with zero attached hydrogens (tertiary/aromatic N) is 1. The maximum absolute atomic E-state index is 5.73. The van der Waals surface area contributed by atoms with Crippen LogP contribution in [-0.4, -0.2) is 25.8 Å². The number of allylic oxidation sites excluding steroid dienone is 1. The van der Waals surface area contributed by atoms with Crippen LogP contribution in [0.4, 0.5) is 11.4 Å². The molecule has 0 bridgehead atoms. The average Bonchev–Trinajstić information content (AvgIpc) is 2.50. The van der Waals surface area contributed by atoms with E-state index in [1.807, 2.05) is 25.1 Å². The number of ether oxygens (including phenoxy) is 1. The SMILES string of the molecule is CC/C=C\CC(C)OCNc1ccc(C)c(NC(N)=NC)c1. The molecule has 0 fully saturated rings. The zero-order valence-electron chi connectivity index (χ0n) is 14.0. The number of aliphatic imine (C=N–C) groups is 1. The van der Waals surface area contributed by atoms with Gasteiger partial charge in [0.1, 0.15) is 6.73 Å². The summed E-state index contributed by atoms with van der Waals surface area (Å²) in [6, 6.07) is 6.05. The number of hydrogen-bond acceptors (Lipinski definition) is 3. The number of aryl methyl sites for hydroxylation is 1. The molecule has 0 aliphatic heterocycles. The van der Waals surface area contributed by atoms with Crippen molar-refractivity contribution in [3.8, 4) is 0 Å². The van der Waals surface area contributed by atoms with E-state index in [0.29, 0.717) is 12.7 Å². The van der Waals surface area contributed by atoms with Crippen LogP contribution >= 0.6 is 0 Å². The summed E-state index contributed by atoms with van der Waals surface area (Å²) in [5.74, 6) is 0.396. The molecule has 0 radical (unpaired) electrons. The molecule has 4 N–H and O–H groups in total. The Kier molecular flexibility index (Phi) is 8.07. The highest BCUT2D eigenvalue weighted by atomic mass is 16.5. The Balaban J connectivity index is 2.49. The van der Waals surface area contributed by atoms with E-state index in [1.165, 1.54) is 0 Å². The molecule has 122 valence electrons. The lowest BCUT2D eigenvalue weighted by molar-refractivity contribution is 0.0825. The van der Waals surface area contributed by atoms with E-state index in [2.05, 4.69) is 41.6 Å². The topological polar surface area (TPSA) is 71.7 Å². The molecule has 0 saturated heterocycles. The smallest absolute Gasteiger partial charge is 0.192 e. The number of anilines is 2. The number of nitrogens with one attached hydrogen (secondary N) is 2. The van der Waals surface area contributed by atoms with Gasteiger partial charge in [-0.3, -0.25) is 4.99 Å². The first-order valence-electron chi connectivity index (χ1n) is 7.67. The van der Waals surface area contributed by atoms with Gasteiger partial charge < -0.3 is 21.1 Å². The molecule has 5 heteroatoms. The molecule has 0 aliphatic carbocycles. The maximum atomic E-state index is 5.73. The van der Waals surface area contributed by atoms with Gasteiger partial charge in [0, 0.05) is 18.4 Å². The first kappa shape index (κ1) is 18.0. The molecule has 1 aromatic rings. The average molecular weight is 304 g/mol. The second-order valence-corrected chi connectivity index (χ2v) is 5.18. The molecular formula is C17H28N4O. The molecule has 0 heterocycles. The summed E-state index contributed by atoms with van der Waals surface area (Å²) in [5.41, 5.74) is 8.73. The minimum atomic E-state index is 0.196. The first-order valence-corrected chi connectivity index (χ1v) is 7.67. The Morgan fingerprint density at radius 3 is 2.86 bits per heavy atom. The molecular weight excluding hydrogens is 276 g/mol. The van der Waals surface area contributed by atoms with E-state index in [4.69, 9.17) is 10.5 Å². The van der Waals surface area contributed by atoms with Crippen molar-refractivity contribution in [2.45, 2.75) is 39.7 Å². The fourth-order valence-corrected chi connectivity index (χ4v) is 1.85. The lowest BCUT2D eigenvalue weighted by Crippen LogP contribution is -2.22. The minimum Gasteiger partial charge on any atom is -0.370 e. The van der Waals surface area contributed by atoms with Crippen LogP contribution in [0.3, 0.4) is 0 Å². The zero-order chi connectivity index (χ0) is 16.4. The van der Waals surface area contributed by atoms with E-state index in [-0.39, 0.29) is 6.10 Å². The van der Waals surface area contributed by atoms with E-state index < -0.39 is 0 Å². The summed E-state index contributed by atoms with van der Waals surface area (Å²) in [4.78, 5) is 3.91. The van der Waals surface area contributed by atoms with Crippen molar-refractivity contribution in [2.75, 3.05) is 24.4 Å². The predicted molar refractivity (Wildman–Crippen MR) is 95.4 cm³/mol. The van der Waals surface area contributed by atoms with E-state index in [0.717, 1.165) is 29.8 Å². The van der Waals surface area contributed by atoms with Gasteiger partial charge in [0.05, 0.1) is 6.10 Å². The Labute approximate surface area is 133 Å². The van der Waals surface area contributed by atoms with Crippen LogP contribution in [0.25, 0.3) is 0 Å². The van der Waals surface area contributed by atoms with Gasteiger partial charge in [0.15, 0.2) is 5.96 Å². The normalized spacial score (nSPS) is 13.4. The van der Waals surface area contributed by atoms with Crippen molar-refractivity contribution in [1.82, 2.24) is 0 Å². The molecule has 1 rings (SSSR count). The molecule has 0 amide bonds. The standard InChI is InChI=1S/C17H28N4O/c1-5-6-7-8-14(3)22-12-20-15-10-9-13(2)16(11-15)21-17(18)19-4/h6-7,9-11,14,20H,5,8,12H2,1-4H3,(H3,18,19,21)/b7-6-. The summed E-state index contributed by atoms with van der Waals surface area (Å²) in [6.45, 7) is 6.69. The highest BCUT2D eigenvalue weighted by Gasteiger charge is 2.03. The summed E-state index contributed by atoms with van der Waals surface area (Å²) in [6.07, 6.45) is 6.51. The highest BCUT2D eigenvalue weighted by Crippen LogP contribution is 2.20. The Morgan fingerprint density at radius 2 is 2.18 bits per heavy atom. The molecule has 0 saturated carbocycles. The van der Waals surface area contributed by atoms with Crippen molar-refractivity contribution in [3.05, 3.63) is 35.9 Å². The molecule has 0 aromatic heterocycles. The van der Waals surface area contributed by atoms with E-state index in [1.54, 1.807) is 7.05 Å². The van der Waals surface area contributed by atoms with Crippen molar-refractivity contribution < 1.29 is 4.74 Å². The predicted octanol–water partition coefficient (Wildman–Crippen LogP) is 3.48. The highest BCUT2D eigenvalue weighted by molar-refractivity contribution is 5.93. The number of benzene rings is 1. The Morgan fingerprint density at radius 1 is 1.41 bits per heavy atom. The van der Waals surface area contributed by atoms with Gasteiger partial charge in [-0.25, -0.2) is 0 Å². The molecule has 5 nitrogen and oxygen atoms in total. The molecule has 1 unspecified atom stereocenters. The lowest BCUT2D eigenvalue weighted by atomic mass is 10.2. The number of nitrogens with two attached hydrogens (primary N) is 1. The largest absolute Gasteiger partial charge is 0.370 e. The number of hydrogen-bond donors (Lipinski definition) is 3. The van der Waals surface area contributed by atoms with Crippen LogP contribution in [-0.2, 0) is 4.74 Å². The van der Waals surface area contributed by atoms with E-state index in [9.17, 15) is 0 Å². The van der Waals surface area contributed by atoms with Crippen LogP contribution in [0.15, 0.2) is 35.3 Å². The molecule has 1 atom stereocenters. The third kappa shape index (κ3) is 6.63. The van der Waals surface area contributed by atoms with Crippen LogP contribution in [0, 0.1) is 6.92 Å².